The molecule has 0 bridgehead atoms. The minimum Gasteiger partial charge on any atom is -0.352 e. The second-order valence-electron chi connectivity index (χ2n) is 4.56. The van der Waals surface area contributed by atoms with Crippen molar-refractivity contribution in [1.82, 2.24) is 10.6 Å². The van der Waals surface area contributed by atoms with E-state index in [9.17, 15) is 4.79 Å². The van der Waals surface area contributed by atoms with Gasteiger partial charge in [-0.3, -0.25) is 10.1 Å². The second-order valence-corrected chi connectivity index (χ2v) is 4.56. The smallest absolute Gasteiger partial charge is 0.234 e. The van der Waals surface area contributed by atoms with Crippen molar-refractivity contribution in [3.63, 3.8) is 0 Å². The summed E-state index contributed by atoms with van der Waals surface area (Å²) >= 11 is 0. The Kier molecular flexibility index (Phi) is 5.95. The fourth-order valence-electron chi connectivity index (χ4n) is 2.31. The number of rotatable bonds is 5. The number of carbonyl (C=O) groups excluding carboxylic acids is 1. The molecule has 1 atom stereocenters. The summed E-state index contributed by atoms with van der Waals surface area (Å²) in [5.74, 6) is 3.16. The maximum absolute atomic E-state index is 11.5. The molecule has 1 saturated carbocycles. The van der Waals surface area contributed by atoms with E-state index in [1.165, 1.54) is 32.1 Å². The molecule has 0 aromatic carbocycles. The monoisotopic (exact) mass is 222 g/mol. The van der Waals surface area contributed by atoms with E-state index in [1.807, 2.05) is 0 Å². The zero-order chi connectivity index (χ0) is 11.8. The molecule has 90 valence electrons. The second kappa shape index (κ2) is 7.29. The van der Waals surface area contributed by atoms with Gasteiger partial charge >= 0.3 is 0 Å². The first-order valence-corrected chi connectivity index (χ1v) is 6.17. The molecule has 0 aromatic rings. The van der Waals surface area contributed by atoms with Crippen LogP contribution in [0.1, 0.15) is 39.0 Å². The lowest BCUT2D eigenvalue weighted by Gasteiger charge is -2.28. The van der Waals surface area contributed by atoms with Gasteiger partial charge in [0.25, 0.3) is 0 Å². The van der Waals surface area contributed by atoms with Crippen LogP contribution >= 0.6 is 0 Å². The predicted molar refractivity (Wildman–Crippen MR) is 65.9 cm³/mol. The number of hydrogen-bond acceptors (Lipinski definition) is 2. The predicted octanol–water partition coefficient (Wildman–Crippen LogP) is 1.29. The number of nitrogens with one attached hydrogen (secondary N) is 2. The van der Waals surface area contributed by atoms with Gasteiger partial charge in [-0.25, -0.2) is 0 Å². The van der Waals surface area contributed by atoms with Crippen molar-refractivity contribution in [2.45, 2.75) is 45.1 Å². The first-order valence-electron chi connectivity index (χ1n) is 6.17. The van der Waals surface area contributed by atoms with E-state index >= 15 is 0 Å². The molecule has 1 rings (SSSR count). The first kappa shape index (κ1) is 13.1. The normalized spacial score (nSPS) is 18.8. The van der Waals surface area contributed by atoms with Crippen molar-refractivity contribution in [3.05, 3.63) is 0 Å². The number of hydrogen-bond donors (Lipinski definition) is 2. The van der Waals surface area contributed by atoms with Crippen molar-refractivity contribution in [1.29, 1.82) is 0 Å². The lowest BCUT2D eigenvalue weighted by molar-refractivity contribution is -0.121. The van der Waals surface area contributed by atoms with E-state index in [1.54, 1.807) is 0 Å². The van der Waals surface area contributed by atoms with Crippen molar-refractivity contribution < 1.29 is 4.79 Å². The van der Waals surface area contributed by atoms with Gasteiger partial charge in [0.2, 0.25) is 5.91 Å². The summed E-state index contributed by atoms with van der Waals surface area (Å²) < 4.78 is 0. The van der Waals surface area contributed by atoms with Gasteiger partial charge in [0.05, 0.1) is 13.1 Å². The van der Waals surface area contributed by atoms with Crippen LogP contribution in [-0.4, -0.2) is 25.0 Å². The summed E-state index contributed by atoms with van der Waals surface area (Å²) in [6.45, 7) is 2.88. The van der Waals surface area contributed by atoms with Gasteiger partial charge in [-0.2, -0.15) is 0 Å². The van der Waals surface area contributed by atoms with Crippen LogP contribution in [0, 0.1) is 18.3 Å². The molecule has 1 amide bonds. The highest BCUT2D eigenvalue weighted by Crippen LogP contribution is 2.26. The summed E-state index contributed by atoms with van der Waals surface area (Å²) in [7, 11) is 0. The first-order chi connectivity index (χ1) is 7.74. The van der Waals surface area contributed by atoms with Gasteiger partial charge < -0.3 is 5.32 Å². The van der Waals surface area contributed by atoms with E-state index in [0.29, 0.717) is 25.0 Å². The molecule has 1 aliphatic carbocycles. The Bertz CT molecular complexity index is 251. The maximum atomic E-state index is 11.5. The molecular formula is C13H22N2O. The van der Waals surface area contributed by atoms with Gasteiger partial charge in [-0.1, -0.05) is 25.2 Å². The largest absolute Gasteiger partial charge is 0.352 e. The summed E-state index contributed by atoms with van der Waals surface area (Å²) in [5.41, 5.74) is 0. The zero-order valence-corrected chi connectivity index (χ0v) is 10.1. The number of terminal acetylenes is 1. The van der Waals surface area contributed by atoms with Crippen LogP contribution in [0.2, 0.25) is 0 Å². The minimum absolute atomic E-state index is 0.0494. The average molecular weight is 222 g/mol. The van der Waals surface area contributed by atoms with Gasteiger partial charge in [0, 0.05) is 6.04 Å². The molecule has 3 nitrogen and oxygen atoms in total. The SMILES string of the molecule is C#CCNCC(=O)N[C@H](C)C1CCCCC1. The van der Waals surface area contributed by atoms with Gasteiger partial charge in [-0.05, 0) is 25.7 Å². The van der Waals surface area contributed by atoms with Gasteiger partial charge in [0.15, 0.2) is 0 Å². The molecule has 0 radical (unpaired) electrons. The van der Waals surface area contributed by atoms with E-state index < -0.39 is 0 Å². The van der Waals surface area contributed by atoms with Crippen LogP contribution in [-0.2, 0) is 4.79 Å². The van der Waals surface area contributed by atoms with Crippen molar-refractivity contribution in [2.75, 3.05) is 13.1 Å². The summed E-state index contributed by atoms with van der Waals surface area (Å²) in [6.07, 6.45) is 11.5. The molecule has 3 heteroatoms. The van der Waals surface area contributed by atoms with Crippen LogP contribution in [0.4, 0.5) is 0 Å². The van der Waals surface area contributed by atoms with E-state index in [4.69, 9.17) is 6.42 Å². The third kappa shape index (κ3) is 4.67. The molecule has 0 heterocycles. The molecule has 0 aromatic heterocycles. The van der Waals surface area contributed by atoms with Crippen LogP contribution in [0.25, 0.3) is 0 Å². The molecular weight excluding hydrogens is 200 g/mol. The van der Waals surface area contributed by atoms with Crippen molar-refractivity contribution in [2.24, 2.45) is 5.92 Å². The Morgan fingerprint density at radius 1 is 1.44 bits per heavy atom. The Hall–Kier alpha value is -1.01. The van der Waals surface area contributed by atoms with Crippen LogP contribution in [0.3, 0.4) is 0 Å². The van der Waals surface area contributed by atoms with Crippen LogP contribution in [0.5, 0.6) is 0 Å². The summed E-state index contributed by atoms with van der Waals surface area (Å²) in [4.78, 5) is 11.5. The highest BCUT2D eigenvalue weighted by molar-refractivity contribution is 5.78. The average Bonchev–Trinajstić information content (AvgIpc) is 2.30. The lowest BCUT2D eigenvalue weighted by atomic mass is 9.84. The lowest BCUT2D eigenvalue weighted by Crippen LogP contribution is -2.43. The van der Waals surface area contributed by atoms with Crippen molar-refractivity contribution >= 4 is 5.91 Å². The molecule has 1 aliphatic rings. The van der Waals surface area contributed by atoms with Crippen LogP contribution in [0.15, 0.2) is 0 Å². The topological polar surface area (TPSA) is 41.1 Å². The highest BCUT2D eigenvalue weighted by Gasteiger charge is 2.20. The fraction of sp³-hybridized carbons (Fsp3) is 0.769. The fourth-order valence-corrected chi connectivity index (χ4v) is 2.31. The maximum Gasteiger partial charge on any atom is 0.234 e. The Morgan fingerprint density at radius 2 is 2.12 bits per heavy atom. The standard InChI is InChI=1S/C13H22N2O/c1-3-9-14-10-13(16)15-11(2)12-7-5-4-6-8-12/h1,11-12,14H,4-10H2,2H3,(H,15,16)/t11-/m1/s1. The van der Waals surface area contributed by atoms with E-state index in [-0.39, 0.29) is 5.91 Å². The van der Waals surface area contributed by atoms with E-state index in [2.05, 4.69) is 23.5 Å². The van der Waals surface area contributed by atoms with E-state index in [0.717, 1.165) is 0 Å². The quantitative estimate of drug-likeness (QED) is 0.544. The summed E-state index contributed by atoms with van der Waals surface area (Å²) in [5, 5.41) is 5.93. The Morgan fingerprint density at radius 3 is 2.75 bits per heavy atom. The Labute approximate surface area is 98.4 Å². The molecule has 1 fully saturated rings. The molecule has 0 unspecified atom stereocenters. The highest BCUT2D eigenvalue weighted by atomic mass is 16.1. The van der Waals surface area contributed by atoms with Crippen molar-refractivity contribution in [3.8, 4) is 12.3 Å². The molecule has 0 saturated heterocycles. The molecule has 0 aliphatic heterocycles. The molecule has 2 N–H and O–H groups in total. The third-order valence-corrected chi connectivity index (χ3v) is 3.26. The molecule has 16 heavy (non-hydrogen) atoms. The summed E-state index contributed by atoms with van der Waals surface area (Å²) in [6, 6.07) is 0.292. The molecule has 0 spiro atoms. The number of carbonyl (C=O) groups is 1. The third-order valence-electron chi connectivity index (χ3n) is 3.26. The Balaban J connectivity index is 2.19. The zero-order valence-electron chi connectivity index (χ0n) is 10.1. The van der Waals surface area contributed by atoms with Gasteiger partial charge in [-0.15, -0.1) is 6.42 Å². The number of amides is 1. The van der Waals surface area contributed by atoms with Crippen LogP contribution < -0.4 is 10.6 Å². The minimum atomic E-state index is 0.0494. The van der Waals surface area contributed by atoms with Gasteiger partial charge in [0.1, 0.15) is 0 Å².